The van der Waals surface area contributed by atoms with Crippen LogP contribution in [0.1, 0.15) is 43.9 Å². The molecule has 4 heteroatoms. The summed E-state index contributed by atoms with van der Waals surface area (Å²) < 4.78 is 2.14. The van der Waals surface area contributed by atoms with Crippen LogP contribution in [0.3, 0.4) is 0 Å². The van der Waals surface area contributed by atoms with Gasteiger partial charge in [0.1, 0.15) is 5.65 Å². The Morgan fingerprint density at radius 2 is 2.33 bits per heavy atom. The molecule has 1 aliphatic carbocycles. The zero-order valence-electron chi connectivity index (χ0n) is 13.0. The van der Waals surface area contributed by atoms with E-state index in [-0.39, 0.29) is 11.5 Å². The van der Waals surface area contributed by atoms with Crippen molar-refractivity contribution in [1.82, 2.24) is 14.7 Å². The van der Waals surface area contributed by atoms with Crippen LogP contribution in [0, 0.1) is 12.3 Å². The number of hydrogen-bond donors (Lipinski definition) is 2. The highest BCUT2D eigenvalue weighted by Gasteiger charge is 2.34. The van der Waals surface area contributed by atoms with Crippen LogP contribution in [0.5, 0.6) is 0 Å². The lowest BCUT2D eigenvalue weighted by molar-refractivity contribution is 0.00110. The van der Waals surface area contributed by atoms with Crippen molar-refractivity contribution in [3.05, 3.63) is 35.8 Å². The molecule has 0 spiro atoms. The van der Waals surface area contributed by atoms with Crippen molar-refractivity contribution < 1.29 is 5.11 Å². The Labute approximate surface area is 126 Å². The van der Waals surface area contributed by atoms with E-state index in [2.05, 4.69) is 46.9 Å². The molecule has 21 heavy (non-hydrogen) atoms. The molecule has 1 fully saturated rings. The molecule has 0 saturated heterocycles. The molecule has 0 aromatic carbocycles. The summed E-state index contributed by atoms with van der Waals surface area (Å²) in [6.07, 6.45) is 8.25. The maximum absolute atomic E-state index is 10.2. The van der Waals surface area contributed by atoms with Gasteiger partial charge in [0.25, 0.3) is 0 Å². The van der Waals surface area contributed by atoms with E-state index in [0.717, 1.165) is 38.0 Å². The minimum absolute atomic E-state index is 0.00859. The van der Waals surface area contributed by atoms with Crippen LogP contribution >= 0.6 is 0 Å². The van der Waals surface area contributed by atoms with Crippen molar-refractivity contribution in [2.45, 2.75) is 52.2 Å². The molecule has 0 radical (unpaired) electrons. The molecule has 1 aliphatic rings. The molecule has 2 N–H and O–H groups in total. The summed E-state index contributed by atoms with van der Waals surface area (Å²) in [7, 11) is 0. The maximum atomic E-state index is 10.2. The fraction of sp³-hybridized carbons (Fsp3) is 0.588. The van der Waals surface area contributed by atoms with Gasteiger partial charge in [0.2, 0.25) is 0 Å². The van der Waals surface area contributed by atoms with Gasteiger partial charge in [-0.15, -0.1) is 0 Å². The third kappa shape index (κ3) is 2.83. The number of aliphatic hydroxyl groups is 1. The second-order valence-electron chi connectivity index (χ2n) is 6.65. The second kappa shape index (κ2) is 5.78. The molecular formula is C17H25N3O. The molecule has 114 valence electrons. The third-order valence-electron chi connectivity index (χ3n) is 4.92. The summed E-state index contributed by atoms with van der Waals surface area (Å²) >= 11 is 0. The highest BCUT2D eigenvalue weighted by molar-refractivity contribution is 5.48. The lowest BCUT2D eigenvalue weighted by Gasteiger charge is -2.38. The van der Waals surface area contributed by atoms with Crippen LogP contribution in [0.15, 0.2) is 24.5 Å². The minimum Gasteiger partial charge on any atom is -0.393 e. The van der Waals surface area contributed by atoms with Crippen molar-refractivity contribution in [2.75, 3.05) is 6.54 Å². The van der Waals surface area contributed by atoms with E-state index >= 15 is 0 Å². The lowest BCUT2D eigenvalue weighted by Crippen LogP contribution is -2.43. The van der Waals surface area contributed by atoms with Gasteiger partial charge in [-0.2, -0.15) is 0 Å². The molecule has 0 amide bonds. The Balaban J connectivity index is 1.66. The first-order chi connectivity index (χ1) is 10.1. The smallest absolute Gasteiger partial charge is 0.139 e. The number of pyridine rings is 1. The topological polar surface area (TPSA) is 49.6 Å². The Hall–Kier alpha value is -1.39. The minimum atomic E-state index is -0.178. The Morgan fingerprint density at radius 1 is 1.48 bits per heavy atom. The molecule has 0 aliphatic heterocycles. The number of aromatic nitrogens is 2. The van der Waals surface area contributed by atoms with Gasteiger partial charge in [-0.3, -0.25) is 0 Å². The number of hydrogen-bond acceptors (Lipinski definition) is 3. The van der Waals surface area contributed by atoms with Crippen molar-refractivity contribution in [2.24, 2.45) is 5.41 Å². The van der Waals surface area contributed by atoms with E-state index in [9.17, 15) is 5.11 Å². The fourth-order valence-electron chi connectivity index (χ4n) is 3.40. The number of imidazole rings is 1. The van der Waals surface area contributed by atoms with Gasteiger partial charge in [0.15, 0.2) is 0 Å². The first kappa shape index (κ1) is 14.5. The number of rotatable bonds is 4. The molecule has 4 nitrogen and oxygen atoms in total. The molecular weight excluding hydrogens is 262 g/mol. The quantitative estimate of drug-likeness (QED) is 0.909. The summed E-state index contributed by atoms with van der Waals surface area (Å²) in [5.41, 5.74) is 3.40. The maximum Gasteiger partial charge on any atom is 0.139 e. The Bertz CT molecular complexity index is 622. The van der Waals surface area contributed by atoms with E-state index in [1.807, 2.05) is 6.20 Å². The van der Waals surface area contributed by atoms with Gasteiger partial charge in [-0.25, -0.2) is 4.98 Å². The normalized spacial score (nSPS) is 26.3. The molecule has 2 unspecified atom stereocenters. The number of nitrogens with zero attached hydrogens (tertiary/aromatic N) is 2. The molecule has 3 rings (SSSR count). The second-order valence-corrected chi connectivity index (χ2v) is 6.65. The van der Waals surface area contributed by atoms with E-state index in [4.69, 9.17) is 0 Å². The first-order valence-electron chi connectivity index (χ1n) is 7.90. The van der Waals surface area contributed by atoms with Crippen LogP contribution in [0.4, 0.5) is 0 Å². The highest BCUT2D eigenvalue weighted by atomic mass is 16.3. The summed E-state index contributed by atoms with van der Waals surface area (Å²) in [4.78, 5) is 4.49. The predicted molar refractivity (Wildman–Crippen MR) is 84.2 cm³/mol. The van der Waals surface area contributed by atoms with Gasteiger partial charge in [0, 0.05) is 24.7 Å². The Morgan fingerprint density at radius 3 is 3.14 bits per heavy atom. The molecule has 2 heterocycles. The highest BCUT2D eigenvalue weighted by Crippen LogP contribution is 2.35. The lowest BCUT2D eigenvalue weighted by atomic mass is 9.73. The van der Waals surface area contributed by atoms with Gasteiger partial charge in [0.05, 0.1) is 18.0 Å². The number of aryl methyl sites for hydroxylation is 1. The zero-order valence-corrected chi connectivity index (χ0v) is 13.0. The zero-order chi connectivity index (χ0) is 14.9. The summed E-state index contributed by atoms with van der Waals surface area (Å²) in [6, 6.07) is 4.14. The van der Waals surface area contributed by atoms with Crippen LogP contribution < -0.4 is 5.32 Å². The van der Waals surface area contributed by atoms with Crippen LogP contribution in [0.25, 0.3) is 5.65 Å². The average Bonchev–Trinajstić information content (AvgIpc) is 2.87. The average molecular weight is 287 g/mol. The molecule has 0 bridgehead atoms. The molecule has 2 aromatic heterocycles. The SMILES string of the molecule is Cc1cccn2c(CNCC3(C)CCCCC3O)cnc12. The third-order valence-corrected chi connectivity index (χ3v) is 4.92. The van der Waals surface area contributed by atoms with E-state index < -0.39 is 0 Å². The summed E-state index contributed by atoms with van der Waals surface area (Å²) in [5, 5.41) is 13.8. The number of fused-ring (bicyclic) bond motifs is 1. The van der Waals surface area contributed by atoms with Crippen LogP contribution in [-0.2, 0) is 6.54 Å². The van der Waals surface area contributed by atoms with Crippen molar-refractivity contribution in [1.29, 1.82) is 0 Å². The van der Waals surface area contributed by atoms with Crippen LogP contribution in [-0.4, -0.2) is 27.1 Å². The summed E-state index contributed by atoms with van der Waals surface area (Å²) in [5.74, 6) is 0. The molecule has 2 atom stereocenters. The Kier molecular flexibility index (Phi) is 4.00. The van der Waals surface area contributed by atoms with Gasteiger partial charge < -0.3 is 14.8 Å². The van der Waals surface area contributed by atoms with Crippen LogP contribution in [0.2, 0.25) is 0 Å². The fourth-order valence-corrected chi connectivity index (χ4v) is 3.40. The number of aliphatic hydroxyl groups excluding tert-OH is 1. The summed E-state index contributed by atoms with van der Waals surface area (Å²) in [6.45, 7) is 5.92. The van der Waals surface area contributed by atoms with E-state index in [0.29, 0.717) is 0 Å². The molecule has 1 saturated carbocycles. The van der Waals surface area contributed by atoms with E-state index in [1.54, 1.807) is 0 Å². The van der Waals surface area contributed by atoms with Crippen molar-refractivity contribution in [3.8, 4) is 0 Å². The largest absolute Gasteiger partial charge is 0.393 e. The van der Waals surface area contributed by atoms with Gasteiger partial charge >= 0.3 is 0 Å². The first-order valence-corrected chi connectivity index (χ1v) is 7.90. The van der Waals surface area contributed by atoms with E-state index in [1.165, 1.54) is 17.7 Å². The predicted octanol–water partition coefficient (Wildman–Crippen LogP) is 2.67. The molecule has 2 aromatic rings. The standard InChI is InChI=1S/C17H25N3O/c1-13-6-5-9-20-14(11-19-16(13)20)10-18-12-17(2)8-4-3-7-15(17)21/h5-6,9,11,15,18,21H,3-4,7-8,10,12H2,1-2H3. The van der Waals surface area contributed by atoms with Gasteiger partial charge in [-0.1, -0.05) is 25.8 Å². The monoisotopic (exact) mass is 287 g/mol. The van der Waals surface area contributed by atoms with Crippen molar-refractivity contribution in [3.63, 3.8) is 0 Å². The number of nitrogens with one attached hydrogen (secondary N) is 1. The van der Waals surface area contributed by atoms with Crippen molar-refractivity contribution >= 4 is 5.65 Å². The van der Waals surface area contributed by atoms with Gasteiger partial charge in [-0.05, 0) is 31.4 Å².